The van der Waals surface area contributed by atoms with Crippen molar-refractivity contribution in [1.82, 2.24) is 14.6 Å². The minimum Gasteiger partial charge on any atom is -0.493 e. The average Bonchev–Trinajstić information content (AvgIpc) is 2.96. The van der Waals surface area contributed by atoms with Gasteiger partial charge in [0, 0.05) is 6.20 Å². The second kappa shape index (κ2) is 5.13. The Morgan fingerprint density at radius 1 is 1.10 bits per heavy atom. The molecule has 0 atom stereocenters. The summed E-state index contributed by atoms with van der Waals surface area (Å²) in [5.41, 5.74) is 1.94. The molecule has 3 aromatic rings. The summed E-state index contributed by atoms with van der Waals surface area (Å²) in [5, 5.41) is 17.3. The molecule has 0 radical (unpaired) electrons. The molecule has 0 amide bonds. The van der Waals surface area contributed by atoms with Crippen molar-refractivity contribution in [3.63, 3.8) is 0 Å². The number of benzene rings is 1. The van der Waals surface area contributed by atoms with Crippen molar-refractivity contribution in [2.24, 2.45) is 0 Å². The number of methoxy groups -OCH3 is 2. The molecule has 6 heteroatoms. The lowest BCUT2D eigenvalue weighted by Gasteiger charge is -2.11. The highest BCUT2D eigenvalue weighted by molar-refractivity contribution is 5.70. The largest absolute Gasteiger partial charge is 0.493 e. The SMILES string of the molecule is COc1cccc(-c2nnc3ccc(C#N)cn23)c1OC. The van der Waals surface area contributed by atoms with Crippen LogP contribution in [0.2, 0.25) is 0 Å². The minimum absolute atomic E-state index is 0.533. The Morgan fingerprint density at radius 3 is 2.67 bits per heavy atom. The molecular weight excluding hydrogens is 268 g/mol. The van der Waals surface area contributed by atoms with Crippen LogP contribution in [0.3, 0.4) is 0 Å². The van der Waals surface area contributed by atoms with Crippen molar-refractivity contribution in [3.8, 4) is 29.0 Å². The van der Waals surface area contributed by atoms with E-state index in [-0.39, 0.29) is 0 Å². The van der Waals surface area contributed by atoms with Crippen molar-refractivity contribution < 1.29 is 9.47 Å². The maximum absolute atomic E-state index is 9.03. The maximum Gasteiger partial charge on any atom is 0.172 e. The van der Waals surface area contributed by atoms with Crippen molar-refractivity contribution >= 4 is 5.65 Å². The van der Waals surface area contributed by atoms with Crippen LogP contribution in [-0.4, -0.2) is 28.8 Å². The van der Waals surface area contributed by atoms with Gasteiger partial charge in [-0.05, 0) is 24.3 Å². The number of hydrogen-bond acceptors (Lipinski definition) is 5. The molecule has 2 aromatic heterocycles. The molecule has 0 saturated carbocycles. The molecule has 0 bridgehead atoms. The van der Waals surface area contributed by atoms with Crippen molar-refractivity contribution in [2.45, 2.75) is 0 Å². The number of rotatable bonds is 3. The zero-order valence-corrected chi connectivity index (χ0v) is 11.6. The van der Waals surface area contributed by atoms with E-state index in [0.29, 0.717) is 28.5 Å². The summed E-state index contributed by atoms with van der Waals surface area (Å²) in [6.07, 6.45) is 1.70. The van der Waals surface area contributed by atoms with E-state index >= 15 is 0 Å². The fourth-order valence-corrected chi connectivity index (χ4v) is 2.20. The molecule has 0 unspecified atom stereocenters. The number of nitrogens with zero attached hydrogens (tertiary/aromatic N) is 4. The van der Waals surface area contributed by atoms with Crippen LogP contribution < -0.4 is 9.47 Å². The van der Waals surface area contributed by atoms with Gasteiger partial charge < -0.3 is 9.47 Å². The predicted molar refractivity (Wildman–Crippen MR) is 76.2 cm³/mol. The summed E-state index contributed by atoms with van der Waals surface area (Å²) >= 11 is 0. The first kappa shape index (κ1) is 12.9. The fraction of sp³-hybridized carbons (Fsp3) is 0.133. The summed E-state index contributed by atoms with van der Waals surface area (Å²) in [6.45, 7) is 0. The van der Waals surface area contributed by atoms with Crippen LogP contribution in [0.15, 0.2) is 36.5 Å². The van der Waals surface area contributed by atoms with Crippen LogP contribution in [0.1, 0.15) is 5.56 Å². The molecule has 0 N–H and O–H groups in total. The fourth-order valence-electron chi connectivity index (χ4n) is 2.20. The molecule has 0 aliphatic heterocycles. The van der Waals surface area contributed by atoms with Gasteiger partial charge in [-0.25, -0.2) is 0 Å². The molecule has 104 valence electrons. The molecule has 0 aliphatic carbocycles. The van der Waals surface area contributed by atoms with E-state index in [4.69, 9.17) is 14.7 Å². The summed E-state index contributed by atoms with van der Waals surface area (Å²) in [7, 11) is 3.16. The van der Waals surface area contributed by atoms with Crippen molar-refractivity contribution in [2.75, 3.05) is 14.2 Å². The Bertz CT molecular complexity index is 848. The third-order valence-electron chi connectivity index (χ3n) is 3.18. The molecule has 6 nitrogen and oxygen atoms in total. The van der Waals surface area contributed by atoms with Gasteiger partial charge in [-0.15, -0.1) is 10.2 Å². The lowest BCUT2D eigenvalue weighted by Crippen LogP contribution is -1.96. The van der Waals surface area contributed by atoms with Gasteiger partial charge in [0.25, 0.3) is 0 Å². The zero-order chi connectivity index (χ0) is 14.8. The average molecular weight is 280 g/mol. The van der Waals surface area contributed by atoms with Crippen LogP contribution in [0.4, 0.5) is 0 Å². The molecule has 0 fully saturated rings. The highest BCUT2D eigenvalue weighted by Gasteiger charge is 2.16. The minimum atomic E-state index is 0.533. The third kappa shape index (κ3) is 2.05. The molecule has 0 spiro atoms. The number of pyridine rings is 1. The van der Waals surface area contributed by atoms with Crippen LogP contribution >= 0.6 is 0 Å². The van der Waals surface area contributed by atoms with Gasteiger partial charge in [-0.1, -0.05) is 6.07 Å². The highest BCUT2D eigenvalue weighted by atomic mass is 16.5. The summed E-state index contributed by atoms with van der Waals surface area (Å²) in [6, 6.07) is 11.1. The van der Waals surface area contributed by atoms with E-state index in [1.165, 1.54) is 0 Å². The topological polar surface area (TPSA) is 72.4 Å². The molecule has 1 aromatic carbocycles. The standard InChI is InChI=1S/C15H12N4O2/c1-20-12-5-3-4-11(14(12)21-2)15-18-17-13-7-6-10(8-16)9-19(13)15/h3-7,9H,1-2H3. The second-order valence-corrected chi connectivity index (χ2v) is 4.32. The van der Waals surface area contributed by atoms with Crippen molar-refractivity contribution in [1.29, 1.82) is 5.26 Å². The van der Waals surface area contributed by atoms with Gasteiger partial charge in [0.1, 0.15) is 6.07 Å². The van der Waals surface area contributed by atoms with E-state index in [0.717, 1.165) is 5.56 Å². The number of para-hydroxylation sites is 1. The van der Waals surface area contributed by atoms with Gasteiger partial charge in [-0.2, -0.15) is 5.26 Å². The number of aromatic nitrogens is 3. The molecule has 0 saturated heterocycles. The van der Waals surface area contributed by atoms with E-state index in [9.17, 15) is 0 Å². The Labute approximate surface area is 121 Å². The molecule has 3 rings (SSSR count). The van der Waals surface area contributed by atoms with Crippen LogP contribution in [0.5, 0.6) is 11.5 Å². The lowest BCUT2D eigenvalue weighted by atomic mass is 10.1. The van der Waals surface area contributed by atoms with E-state index in [2.05, 4.69) is 16.3 Å². The van der Waals surface area contributed by atoms with Gasteiger partial charge in [-0.3, -0.25) is 4.40 Å². The molecular formula is C15H12N4O2. The molecule has 21 heavy (non-hydrogen) atoms. The molecule has 0 aliphatic rings. The summed E-state index contributed by atoms with van der Waals surface area (Å²) < 4.78 is 12.5. The van der Waals surface area contributed by atoms with Gasteiger partial charge >= 0.3 is 0 Å². The highest BCUT2D eigenvalue weighted by Crippen LogP contribution is 2.36. The quantitative estimate of drug-likeness (QED) is 0.736. The Morgan fingerprint density at radius 2 is 1.95 bits per heavy atom. The maximum atomic E-state index is 9.03. The Balaban J connectivity index is 2.28. The van der Waals surface area contributed by atoms with Gasteiger partial charge in [0.15, 0.2) is 23.0 Å². The van der Waals surface area contributed by atoms with E-state index < -0.39 is 0 Å². The lowest BCUT2D eigenvalue weighted by molar-refractivity contribution is 0.356. The third-order valence-corrected chi connectivity index (χ3v) is 3.18. The first-order valence-electron chi connectivity index (χ1n) is 6.24. The van der Waals surface area contributed by atoms with E-state index in [1.807, 2.05) is 18.2 Å². The summed E-state index contributed by atoms with van der Waals surface area (Å²) in [4.78, 5) is 0. The van der Waals surface area contributed by atoms with E-state index in [1.54, 1.807) is 36.9 Å². The van der Waals surface area contributed by atoms with Gasteiger partial charge in [0.05, 0.1) is 25.3 Å². The number of fused-ring (bicyclic) bond motifs is 1. The number of hydrogen-bond donors (Lipinski definition) is 0. The first-order chi connectivity index (χ1) is 10.3. The Kier molecular flexibility index (Phi) is 3.16. The van der Waals surface area contributed by atoms with Gasteiger partial charge in [0.2, 0.25) is 0 Å². The smallest absolute Gasteiger partial charge is 0.172 e. The van der Waals surface area contributed by atoms with Crippen LogP contribution in [-0.2, 0) is 0 Å². The predicted octanol–water partition coefficient (Wildman–Crippen LogP) is 2.29. The molecule has 2 heterocycles. The first-order valence-corrected chi connectivity index (χ1v) is 6.24. The second-order valence-electron chi connectivity index (χ2n) is 4.32. The van der Waals surface area contributed by atoms with Crippen molar-refractivity contribution in [3.05, 3.63) is 42.1 Å². The number of ether oxygens (including phenoxy) is 2. The summed E-state index contributed by atoms with van der Waals surface area (Å²) in [5.74, 6) is 1.79. The van der Waals surface area contributed by atoms with Crippen LogP contribution in [0, 0.1) is 11.3 Å². The normalized spacial score (nSPS) is 10.3. The Hall–Kier alpha value is -3.07. The monoisotopic (exact) mass is 280 g/mol. The number of nitriles is 1. The zero-order valence-electron chi connectivity index (χ0n) is 11.6. The van der Waals surface area contributed by atoms with Crippen LogP contribution in [0.25, 0.3) is 17.0 Å².